The molecule has 6 nitrogen and oxygen atoms in total. The molecule has 152 valence electrons. The van der Waals surface area contributed by atoms with Gasteiger partial charge in [0.25, 0.3) is 0 Å². The van der Waals surface area contributed by atoms with Gasteiger partial charge in [0.2, 0.25) is 0 Å². The number of ether oxygens (including phenoxy) is 1. The van der Waals surface area contributed by atoms with Crippen LogP contribution in [-0.2, 0) is 6.42 Å². The smallest absolute Gasteiger partial charge is 0.324 e. The highest BCUT2D eigenvalue weighted by molar-refractivity contribution is 5.88. The molecule has 2 atom stereocenters. The van der Waals surface area contributed by atoms with Crippen molar-refractivity contribution in [2.45, 2.75) is 19.4 Å². The molecule has 0 bridgehead atoms. The lowest BCUT2D eigenvalue weighted by atomic mass is 10.1. The fraction of sp³-hybridized carbons (Fsp3) is 0.333. The number of hydrogen-bond donors (Lipinski definition) is 2. The van der Waals surface area contributed by atoms with Crippen molar-refractivity contribution in [3.8, 4) is 22.9 Å². The van der Waals surface area contributed by atoms with Crippen molar-refractivity contribution >= 4 is 11.5 Å². The first kappa shape index (κ1) is 17.7. The zero-order chi connectivity index (χ0) is 20.4. The normalized spacial score (nSPS) is 23.0. The first-order valence-electron chi connectivity index (χ1n) is 10.6. The summed E-state index contributed by atoms with van der Waals surface area (Å²) in [4.78, 5) is 12.1. The average molecular weight is 399 g/mol. The number of fused-ring (bicyclic) bond motifs is 4. The van der Waals surface area contributed by atoms with Crippen LogP contribution in [-0.4, -0.2) is 36.1 Å². The maximum absolute atomic E-state index is 6.19. The first-order chi connectivity index (χ1) is 14.6. The Kier molecular flexibility index (Phi) is 3.80. The minimum Gasteiger partial charge on any atom is -0.424 e. The van der Waals surface area contributed by atoms with Gasteiger partial charge in [0, 0.05) is 43.9 Å². The van der Waals surface area contributed by atoms with E-state index in [9.17, 15) is 0 Å². The van der Waals surface area contributed by atoms with Crippen molar-refractivity contribution < 1.29 is 4.74 Å². The number of nitrogens with one attached hydrogen (secondary N) is 1. The monoisotopic (exact) mass is 399 g/mol. The van der Waals surface area contributed by atoms with Crippen LogP contribution in [0, 0.1) is 18.8 Å². The molecule has 3 N–H and O–H groups in total. The van der Waals surface area contributed by atoms with Crippen LogP contribution in [0.15, 0.2) is 42.5 Å². The van der Waals surface area contributed by atoms with Crippen LogP contribution in [0.2, 0.25) is 0 Å². The molecule has 1 saturated carbocycles. The standard InChI is InChI=1S/C24H25N5O/c1-13-5-3-6-14(9-13)30-24-27-20-10-16-15(7-4-8-19(16)26-2)21(20)23(28-24)29-11-17-18(12-29)22(17)25/h3-9,17-18,22,26H,10-12,25H2,1-2H3. The Morgan fingerprint density at radius 2 is 1.90 bits per heavy atom. The molecule has 3 aliphatic rings. The molecule has 6 heteroatoms. The molecule has 2 aliphatic carbocycles. The number of aryl methyl sites for hydroxylation is 1. The highest BCUT2D eigenvalue weighted by Gasteiger charge is 2.54. The van der Waals surface area contributed by atoms with E-state index in [1.165, 1.54) is 11.1 Å². The third-order valence-corrected chi connectivity index (χ3v) is 6.76. The molecule has 0 amide bonds. The Morgan fingerprint density at radius 3 is 2.67 bits per heavy atom. The van der Waals surface area contributed by atoms with Gasteiger partial charge in [-0.3, -0.25) is 0 Å². The number of aromatic nitrogens is 2. The number of nitrogens with two attached hydrogens (primary N) is 1. The Hall–Kier alpha value is -3.12. The van der Waals surface area contributed by atoms with Gasteiger partial charge in [-0.1, -0.05) is 24.3 Å². The van der Waals surface area contributed by atoms with Crippen LogP contribution in [0.3, 0.4) is 0 Å². The molecule has 2 unspecified atom stereocenters. The second kappa shape index (κ2) is 6.44. The van der Waals surface area contributed by atoms with Gasteiger partial charge in [-0.05, 0) is 53.6 Å². The van der Waals surface area contributed by atoms with Crippen molar-refractivity contribution in [3.63, 3.8) is 0 Å². The highest BCUT2D eigenvalue weighted by atomic mass is 16.5. The van der Waals surface area contributed by atoms with Crippen molar-refractivity contribution in [2.75, 3.05) is 30.4 Å². The molecule has 6 rings (SSSR count). The van der Waals surface area contributed by atoms with Crippen LogP contribution in [0.5, 0.6) is 11.8 Å². The van der Waals surface area contributed by atoms with Crippen LogP contribution in [0.25, 0.3) is 11.1 Å². The van der Waals surface area contributed by atoms with E-state index >= 15 is 0 Å². The van der Waals surface area contributed by atoms with E-state index in [1.807, 2.05) is 25.2 Å². The van der Waals surface area contributed by atoms with Crippen LogP contribution >= 0.6 is 0 Å². The second-order valence-electron chi connectivity index (χ2n) is 8.64. The van der Waals surface area contributed by atoms with E-state index in [1.54, 1.807) is 0 Å². The molecule has 2 heterocycles. The van der Waals surface area contributed by atoms with Crippen molar-refractivity contribution in [1.82, 2.24) is 9.97 Å². The molecular formula is C24H25N5O. The van der Waals surface area contributed by atoms with Gasteiger partial charge >= 0.3 is 6.01 Å². The topological polar surface area (TPSA) is 76.3 Å². The predicted octanol–water partition coefficient (Wildman–Crippen LogP) is 3.58. The Morgan fingerprint density at radius 1 is 1.10 bits per heavy atom. The number of nitrogens with zero attached hydrogens (tertiary/aromatic N) is 3. The lowest BCUT2D eigenvalue weighted by molar-refractivity contribution is 0.440. The van der Waals surface area contributed by atoms with Gasteiger partial charge in [-0.25, -0.2) is 0 Å². The molecule has 1 aromatic heterocycles. The molecule has 2 aromatic carbocycles. The lowest BCUT2D eigenvalue weighted by Crippen LogP contribution is -2.29. The quantitative estimate of drug-likeness (QED) is 0.546. The first-order valence-corrected chi connectivity index (χ1v) is 10.6. The lowest BCUT2D eigenvalue weighted by Gasteiger charge is -2.23. The third kappa shape index (κ3) is 2.67. The average Bonchev–Trinajstić information content (AvgIpc) is 3.11. The number of piperidine rings is 1. The summed E-state index contributed by atoms with van der Waals surface area (Å²) in [6.07, 6.45) is 0.779. The molecular weight excluding hydrogens is 374 g/mol. The Balaban J connectivity index is 1.45. The van der Waals surface area contributed by atoms with Gasteiger partial charge < -0.3 is 20.7 Å². The fourth-order valence-corrected chi connectivity index (χ4v) is 5.09. The Bertz CT molecular complexity index is 1150. The van der Waals surface area contributed by atoms with E-state index in [0.29, 0.717) is 23.9 Å². The van der Waals surface area contributed by atoms with Crippen molar-refractivity contribution in [1.29, 1.82) is 0 Å². The summed E-state index contributed by atoms with van der Waals surface area (Å²) in [6, 6.07) is 15.2. The maximum atomic E-state index is 6.19. The SMILES string of the molecule is CNc1cccc2c1Cc1nc(Oc3cccc(C)c3)nc(N3CC4C(N)C4C3)c1-2. The molecule has 0 spiro atoms. The number of benzene rings is 2. The van der Waals surface area contributed by atoms with E-state index in [-0.39, 0.29) is 0 Å². The molecule has 2 fully saturated rings. The maximum Gasteiger partial charge on any atom is 0.324 e. The molecule has 0 radical (unpaired) electrons. The van der Waals surface area contributed by atoms with Crippen LogP contribution in [0.1, 0.15) is 16.8 Å². The molecule has 3 aromatic rings. The van der Waals surface area contributed by atoms with Gasteiger partial charge in [0.15, 0.2) is 0 Å². The van der Waals surface area contributed by atoms with E-state index < -0.39 is 0 Å². The van der Waals surface area contributed by atoms with Gasteiger partial charge in [0.05, 0.1) is 5.69 Å². The minimum atomic E-state index is 0.349. The summed E-state index contributed by atoms with van der Waals surface area (Å²) in [6.45, 7) is 3.97. The van der Waals surface area contributed by atoms with Gasteiger partial charge in [-0.15, -0.1) is 0 Å². The number of hydrogen-bond acceptors (Lipinski definition) is 6. The fourth-order valence-electron chi connectivity index (χ4n) is 5.09. The summed E-state index contributed by atoms with van der Waals surface area (Å²) in [5, 5.41) is 3.32. The largest absolute Gasteiger partial charge is 0.424 e. The summed E-state index contributed by atoms with van der Waals surface area (Å²) < 4.78 is 6.11. The zero-order valence-electron chi connectivity index (χ0n) is 17.2. The summed E-state index contributed by atoms with van der Waals surface area (Å²) >= 11 is 0. The summed E-state index contributed by atoms with van der Waals surface area (Å²) in [7, 11) is 1.97. The molecule has 1 saturated heterocycles. The summed E-state index contributed by atoms with van der Waals surface area (Å²) in [5.74, 6) is 2.91. The second-order valence-corrected chi connectivity index (χ2v) is 8.64. The van der Waals surface area contributed by atoms with Crippen molar-refractivity contribution in [2.24, 2.45) is 17.6 Å². The van der Waals surface area contributed by atoms with Crippen molar-refractivity contribution in [3.05, 3.63) is 59.3 Å². The predicted molar refractivity (Wildman–Crippen MR) is 118 cm³/mol. The minimum absolute atomic E-state index is 0.349. The zero-order valence-corrected chi connectivity index (χ0v) is 17.2. The molecule has 1 aliphatic heterocycles. The van der Waals surface area contributed by atoms with Gasteiger partial charge in [0.1, 0.15) is 11.6 Å². The van der Waals surface area contributed by atoms with E-state index in [2.05, 4.69) is 41.4 Å². The van der Waals surface area contributed by atoms with E-state index in [0.717, 1.165) is 53.6 Å². The highest BCUT2D eigenvalue weighted by Crippen LogP contribution is 2.50. The molecule has 30 heavy (non-hydrogen) atoms. The number of rotatable bonds is 4. The number of anilines is 2. The summed E-state index contributed by atoms with van der Waals surface area (Å²) in [5.41, 5.74) is 13.2. The van der Waals surface area contributed by atoms with E-state index in [4.69, 9.17) is 20.4 Å². The van der Waals surface area contributed by atoms with Gasteiger partial charge in [-0.2, -0.15) is 9.97 Å². The third-order valence-electron chi connectivity index (χ3n) is 6.76. The van der Waals surface area contributed by atoms with Crippen LogP contribution < -0.4 is 20.7 Å². The van der Waals surface area contributed by atoms with Crippen LogP contribution in [0.4, 0.5) is 11.5 Å². The Labute approximate surface area is 176 Å².